The van der Waals surface area contributed by atoms with Crippen molar-refractivity contribution in [3.8, 4) is 0 Å². The Morgan fingerprint density at radius 3 is 2.67 bits per heavy atom. The summed E-state index contributed by atoms with van der Waals surface area (Å²) in [6.45, 7) is 6.08. The predicted molar refractivity (Wildman–Crippen MR) is 101 cm³/mol. The average molecular weight is 340 g/mol. The van der Waals surface area contributed by atoms with E-state index in [1.807, 2.05) is 7.05 Å². The zero-order valence-corrected chi connectivity index (χ0v) is 15.9. The molecule has 1 heterocycles. The van der Waals surface area contributed by atoms with Crippen LogP contribution in [0.1, 0.15) is 38.5 Å². The molecule has 1 unspecified atom stereocenters. The van der Waals surface area contributed by atoms with Crippen LogP contribution in [0, 0.1) is 0 Å². The maximum Gasteiger partial charge on any atom is 0.191 e. The Bertz CT molecular complexity index is 370. The lowest BCUT2D eigenvalue weighted by Crippen LogP contribution is -2.55. The van der Waals surface area contributed by atoms with E-state index in [-0.39, 0.29) is 0 Å². The van der Waals surface area contributed by atoms with E-state index in [4.69, 9.17) is 4.74 Å². The zero-order chi connectivity index (χ0) is 17.2. The molecule has 0 bridgehead atoms. The van der Waals surface area contributed by atoms with Crippen LogP contribution in [-0.4, -0.2) is 88.4 Å². The maximum absolute atomic E-state index is 5.97. The smallest absolute Gasteiger partial charge is 0.191 e. The first-order valence-corrected chi connectivity index (χ1v) is 9.64. The lowest BCUT2D eigenvalue weighted by atomic mass is 9.98. The van der Waals surface area contributed by atoms with Gasteiger partial charge in [-0.05, 0) is 33.4 Å². The molecule has 6 nitrogen and oxygen atoms in total. The van der Waals surface area contributed by atoms with Crippen molar-refractivity contribution < 1.29 is 4.74 Å². The Balaban J connectivity index is 1.55. The summed E-state index contributed by atoms with van der Waals surface area (Å²) in [5, 5.41) is 6.86. The second kappa shape index (κ2) is 10.9. The summed E-state index contributed by atoms with van der Waals surface area (Å²) in [5.74, 6) is 0.897. The lowest BCUT2D eigenvalue weighted by Gasteiger charge is -2.37. The molecule has 1 saturated heterocycles. The molecule has 0 amide bonds. The quantitative estimate of drug-likeness (QED) is 0.414. The minimum atomic E-state index is 0.509. The number of likely N-dealkylation sites (N-methyl/N-ethyl adjacent to an activating group) is 2. The summed E-state index contributed by atoms with van der Waals surface area (Å²) in [7, 11) is 6.24. The van der Waals surface area contributed by atoms with Gasteiger partial charge in [-0.25, -0.2) is 0 Å². The molecule has 2 N–H and O–H groups in total. The molecule has 0 radical (unpaired) electrons. The van der Waals surface area contributed by atoms with Crippen LogP contribution in [0.2, 0.25) is 0 Å². The van der Waals surface area contributed by atoms with Crippen molar-refractivity contribution in [1.29, 1.82) is 0 Å². The van der Waals surface area contributed by atoms with Gasteiger partial charge in [0.15, 0.2) is 5.96 Å². The Kier molecular flexibility index (Phi) is 8.84. The van der Waals surface area contributed by atoms with Crippen LogP contribution < -0.4 is 10.6 Å². The van der Waals surface area contributed by atoms with Crippen LogP contribution in [0.25, 0.3) is 0 Å². The highest BCUT2D eigenvalue weighted by molar-refractivity contribution is 5.79. The lowest BCUT2D eigenvalue weighted by molar-refractivity contribution is 0.0277. The fraction of sp³-hybridized carbons (Fsp3) is 0.944. The van der Waals surface area contributed by atoms with Gasteiger partial charge in [-0.15, -0.1) is 0 Å². The van der Waals surface area contributed by atoms with Crippen molar-refractivity contribution in [3.05, 3.63) is 0 Å². The maximum atomic E-state index is 5.97. The molecule has 2 rings (SSSR count). The molecule has 24 heavy (non-hydrogen) atoms. The van der Waals surface area contributed by atoms with E-state index in [0.29, 0.717) is 12.1 Å². The van der Waals surface area contributed by atoms with Gasteiger partial charge in [0.1, 0.15) is 0 Å². The standard InChI is InChI=1S/C18H37N5O/c1-19-18(21-14-16-15-22(2)11-12-23(16)3)20-10-7-13-24-17-8-5-4-6-9-17/h16-17H,4-15H2,1-3H3,(H2,19,20,21). The van der Waals surface area contributed by atoms with Crippen LogP contribution in [0.5, 0.6) is 0 Å². The monoisotopic (exact) mass is 339 g/mol. The molecule has 1 saturated carbocycles. The van der Waals surface area contributed by atoms with E-state index >= 15 is 0 Å². The van der Waals surface area contributed by atoms with Crippen LogP contribution in [0.4, 0.5) is 0 Å². The zero-order valence-electron chi connectivity index (χ0n) is 15.9. The molecule has 140 valence electrons. The second-order valence-electron chi connectivity index (χ2n) is 7.26. The first-order chi connectivity index (χ1) is 11.7. The van der Waals surface area contributed by atoms with Gasteiger partial charge in [0.25, 0.3) is 0 Å². The molecule has 2 aliphatic rings. The Morgan fingerprint density at radius 1 is 1.12 bits per heavy atom. The summed E-state index contributed by atoms with van der Waals surface area (Å²) in [4.78, 5) is 9.15. The van der Waals surface area contributed by atoms with Crippen LogP contribution >= 0.6 is 0 Å². The summed E-state index contributed by atoms with van der Waals surface area (Å²) in [6, 6.07) is 0.539. The van der Waals surface area contributed by atoms with Crippen molar-refractivity contribution in [2.45, 2.75) is 50.7 Å². The third kappa shape index (κ3) is 6.95. The SMILES string of the molecule is CN=C(NCCCOC1CCCCC1)NCC1CN(C)CCN1C. The minimum absolute atomic E-state index is 0.509. The number of nitrogens with zero attached hydrogens (tertiary/aromatic N) is 3. The van der Waals surface area contributed by atoms with E-state index in [9.17, 15) is 0 Å². The van der Waals surface area contributed by atoms with E-state index < -0.39 is 0 Å². The second-order valence-corrected chi connectivity index (χ2v) is 7.26. The van der Waals surface area contributed by atoms with Crippen LogP contribution in [0.15, 0.2) is 4.99 Å². The number of piperazine rings is 1. The molecule has 0 spiro atoms. The van der Waals surface area contributed by atoms with Crippen LogP contribution in [0.3, 0.4) is 0 Å². The molecule has 0 aromatic rings. The third-order valence-corrected chi connectivity index (χ3v) is 5.23. The fourth-order valence-electron chi connectivity index (χ4n) is 3.52. The molecule has 6 heteroatoms. The minimum Gasteiger partial charge on any atom is -0.378 e. The van der Waals surface area contributed by atoms with Crippen LogP contribution in [-0.2, 0) is 4.74 Å². The number of aliphatic imine (C=N–C) groups is 1. The van der Waals surface area contributed by atoms with E-state index in [1.165, 1.54) is 32.1 Å². The highest BCUT2D eigenvalue weighted by Gasteiger charge is 2.22. The van der Waals surface area contributed by atoms with Crippen molar-refractivity contribution in [1.82, 2.24) is 20.4 Å². The summed E-state index contributed by atoms with van der Waals surface area (Å²) in [5.41, 5.74) is 0. The predicted octanol–water partition coefficient (Wildman–Crippen LogP) is 1.14. The fourth-order valence-corrected chi connectivity index (χ4v) is 3.52. The molecule has 1 aliphatic heterocycles. The molecule has 1 atom stereocenters. The topological polar surface area (TPSA) is 52.1 Å². The third-order valence-electron chi connectivity index (χ3n) is 5.23. The van der Waals surface area contributed by atoms with Gasteiger partial charge in [-0.2, -0.15) is 0 Å². The number of ether oxygens (including phenoxy) is 1. The van der Waals surface area contributed by atoms with Gasteiger partial charge in [-0.1, -0.05) is 19.3 Å². The number of hydrogen-bond acceptors (Lipinski definition) is 4. The van der Waals surface area contributed by atoms with Gasteiger partial charge >= 0.3 is 0 Å². The molecule has 0 aromatic heterocycles. The van der Waals surface area contributed by atoms with Crippen molar-refractivity contribution >= 4 is 5.96 Å². The number of guanidine groups is 1. The van der Waals surface area contributed by atoms with E-state index in [0.717, 1.165) is 51.7 Å². The largest absolute Gasteiger partial charge is 0.378 e. The summed E-state index contributed by atoms with van der Waals surface area (Å²) in [6.07, 6.45) is 8.10. The Hall–Kier alpha value is -0.850. The van der Waals surface area contributed by atoms with Gasteiger partial charge in [0.05, 0.1) is 6.10 Å². The molecular formula is C18H37N5O. The Morgan fingerprint density at radius 2 is 1.92 bits per heavy atom. The molecule has 2 fully saturated rings. The van der Waals surface area contributed by atoms with Gasteiger partial charge < -0.3 is 20.3 Å². The normalized spacial score (nSPS) is 25.0. The van der Waals surface area contributed by atoms with E-state index in [1.54, 1.807) is 0 Å². The summed E-state index contributed by atoms with van der Waals surface area (Å²) < 4.78 is 5.97. The molecule has 1 aliphatic carbocycles. The van der Waals surface area contributed by atoms with Crippen molar-refractivity contribution in [2.24, 2.45) is 4.99 Å². The Labute approximate surface area is 148 Å². The highest BCUT2D eigenvalue weighted by atomic mass is 16.5. The van der Waals surface area contributed by atoms with Crippen molar-refractivity contribution in [2.75, 3.05) is 60.5 Å². The number of hydrogen-bond donors (Lipinski definition) is 2. The molecule has 0 aromatic carbocycles. The number of rotatable bonds is 7. The number of nitrogens with one attached hydrogen (secondary N) is 2. The molecular weight excluding hydrogens is 302 g/mol. The van der Waals surface area contributed by atoms with Gasteiger partial charge in [0, 0.05) is 52.4 Å². The highest BCUT2D eigenvalue weighted by Crippen LogP contribution is 2.20. The van der Waals surface area contributed by atoms with E-state index in [2.05, 4.69) is 39.5 Å². The van der Waals surface area contributed by atoms with Gasteiger partial charge in [-0.3, -0.25) is 9.89 Å². The van der Waals surface area contributed by atoms with Gasteiger partial charge in [0.2, 0.25) is 0 Å². The first-order valence-electron chi connectivity index (χ1n) is 9.64. The summed E-state index contributed by atoms with van der Waals surface area (Å²) >= 11 is 0. The van der Waals surface area contributed by atoms with Crippen molar-refractivity contribution in [3.63, 3.8) is 0 Å². The average Bonchev–Trinajstić information content (AvgIpc) is 2.61. The first kappa shape index (κ1) is 19.5.